The number of hydrogen-bond donors (Lipinski definition) is 1. The molecule has 1 aliphatic rings. The lowest BCUT2D eigenvalue weighted by Gasteiger charge is -2.30. The molecule has 2 unspecified atom stereocenters. The Morgan fingerprint density at radius 2 is 2.37 bits per heavy atom. The van der Waals surface area contributed by atoms with Crippen LogP contribution in [0.5, 0.6) is 5.75 Å². The van der Waals surface area contributed by atoms with Crippen molar-refractivity contribution in [2.75, 3.05) is 33.4 Å². The van der Waals surface area contributed by atoms with Gasteiger partial charge in [-0.25, -0.2) is 0 Å². The van der Waals surface area contributed by atoms with Crippen LogP contribution in [0.3, 0.4) is 0 Å². The average Bonchev–Trinajstić information content (AvgIpc) is 2.37. The summed E-state index contributed by atoms with van der Waals surface area (Å²) in [4.78, 5) is 2.23. The maximum atomic E-state index is 9.77. The zero-order valence-electron chi connectivity index (χ0n) is 11.3. The molecule has 0 amide bonds. The summed E-state index contributed by atoms with van der Waals surface area (Å²) in [6.07, 6.45) is -0.466. The molecule has 1 aromatic carbocycles. The van der Waals surface area contributed by atoms with Crippen molar-refractivity contribution in [2.24, 2.45) is 0 Å². The highest BCUT2D eigenvalue weighted by Gasteiger charge is 2.19. The number of aliphatic hydroxyl groups excluding tert-OH is 1. The second-order valence-electron chi connectivity index (χ2n) is 4.92. The lowest BCUT2D eigenvalue weighted by atomic mass is 10.1. The zero-order valence-corrected chi connectivity index (χ0v) is 12.9. The molecule has 1 aliphatic heterocycles. The summed E-state index contributed by atoms with van der Waals surface area (Å²) in [5.74, 6) is 0.718. The van der Waals surface area contributed by atoms with Gasteiger partial charge in [-0.3, -0.25) is 0 Å². The second kappa shape index (κ2) is 6.70. The van der Waals surface area contributed by atoms with E-state index in [4.69, 9.17) is 9.47 Å². The third kappa shape index (κ3) is 4.18. The van der Waals surface area contributed by atoms with Crippen molar-refractivity contribution in [2.45, 2.75) is 19.1 Å². The van der Waals surface area contributed by atoms with E-state index in [1.165, 1.54) is 0 Å². The van der Waals surface area contributed by atoms with Crippen molar-refractivity contribution in [1.29, 1.82) is 0 Å². The first-order chi connectivity index (χ1) is 9.06. The van der Waals surface area contributed by atoms with E-state index in [9.17, 15) is 5.11 Å². The van der Waals surface area contributed by atoms with Crippen LogP contribution < -0.4 is 4.74 Å². The average molecular weight is 330 g/mol. The van der Waals surface area contributed by atoms with E-state index in [1.807, 2.05) is 18.2 Å². The van der Waals surface area contributed by atoms with E-state index in [1.54, 1.807) is 6.92 Å². The van der Waals surface area contributed by atoms with Crippen molar-refractivity contribution in [1.82, 2.24) is 4.90 Å². The van der Waals surface area contributed by atoms with E-state index < -0.39 is 6.10 Å². The topological polar surface area (TPSA) is 41.9 Å². The Balaban J connectivity index is 1.99. The van der Waals surface area contributed by atoms with Crippen LogP contribution in [0.1, 0.15) is 18.6 Å². The molecule has 106 valence electrons. The van der Waals surface area contributed by atoms with E-state index in [0.29, 0.717) is 6.61 Å². The minimum atomic E-state index is -0.553. The van der Waals surface area contributed by atoms with E-state index in [2.05, 4.69) is 27.9 Å². The standard InChI is InChI=1S/C14H20BrNO3/c1-10(17)13-7-11(15)3-4-14(13)19-9-12-8-16(2)5-6-18-12/h3-4,7,10,12,17H,5-6,8-9H2,1-2H3. The Hall–Kier alpha value is -0.620. The SMILES string of the molecule is CC(O)c1cc(Br)ccc1OCC1CN(C)CCO1. The van der Waals surface area contributed by atoms with Crippen LogP contribution in [0.2, 0.25) is 0 Å². The van der Waals surface area contributed by atoms with Gasteiger partial charge in [0.05, 0.1) is 12.7 Å². The van der Waals surface area contributed by atoms with Crippen molar-refractivity contribution in [3.8, 4) is 5.75 Å². The van der Waals surface area contributed by atoms with Gasteiger partial charge in [-0.05, 0) is 32.2 Å². The van der Waals surface area contributed by atoms with Gasteiger partial charge in [0.1, 0.15) is 18.5 Å². The second-order valence-corrected chi connectivity index (χ2v) is 5.84. The Kier molecular flexibility index (Phi) is 5.21. The number of nitrogens with zero attached hydrogens (tertiary/aromatic N) is 1. The number of hydrogen-bond acceptors (Lipinski definition) is 4. The highest BCUT2D eigenvalue weighted by Crippen LogP contribution is 2.28. The largest absolute Gasteiger partial charge is 0.490 e. The van der Waals surface area contributed by atoms with Gasteiger partial charge in [0.15, 0.2) is 0 Å². The first-order valence-electron chi connectivity index (χ1n) is 6.46. The predicted molar refractivity (Wildman–Crippen MR) is 77.5 cm³/mol. The molecule has 1 aromatic rings. The summed E-state index contributed by atoms with van der Waals surface area (Å²) >= 11 is 3.40. The molecule has 2 rings (SSSR count). The smallest absolute Gasteiger partial charge is 0.125 e. The predicted octanol–water partition coefficient (Wildman–Crippen LogP) is 2.21. The molecule has 0 aliphatic carbocycles. The summed E-state index contributed by atoms with van der Waals surface area (Å²) in [7, 11) is 2.08. The number of aliphatic hydroxyl groups is 1. The van der Waals surface area contributed by atoms with Gasteiger partial charge in [0.2, 0.25) is 0 Å². The van der Waals surface area contributed by atoms with Crippen LogP contribution in [-0.2, 0) is 4.74 Å². The van der Waals surface area contributed by atoms with Gasteiger partial charge in [-0.15, -0.1) is 0 Å². The lowest BCUT2D eigenvalue weighted by molar-refractivity contribution is -0.0407. The van der Waals surface area contributed by atoms with Gasteiger partial charge in [0, 0.05) is 23.1 Å². The van der Waals surface area contributed by atoms with Crippen LogP contribution in [0.4, 0.5) is 0 Å². The van der Waals surface area contributed by atoms with Crippen LogP contribution in [0, 0.1) is 0 Å². The summed E-state index contributed by atoms with van der Waals surface area (Å²) in [5, 5.41) is 9.77. The number of benzene rings is 1. The molecule has 1 saturated heterocycles. The highest BCUT2D eigenvalue weighted by molar-refractivity contribution is 9.10. The van der Waals surface area contributed by atoms with Crippen molar-refractivity contribution >= 4 is 15.9 Å². The molecule has 1 heterocycles. The Morgan fingerprint density at radius 1 is 1.58 bits per heavy atom. The molecule has 0 saturated carbocycles. The molecule has 4 nitrogen and oxygen atoms in total. The van der Waals surface area contributed by atoms with Crippen LogP contribution >= 0.6 is 15.9 Å². The summed E-state index contributed by atoms with van der Waals surface area (Å²) < 4.78 is 12.4. The first kappa shape index (κ1) is 14.8. The molecule has 0 radical (unpaired) electrons. The van der Waals surface area contributed by atoms with E-state index >= 15 is 0 Å². The first-order valence-corrected chi connectivity index (χ1v) is 7.26. The van der Waals surface area contributed by atoms with Crippen LogP contribution in [0.15, 0.2) is 22.7 Å². The third-order valence-corrected chi connectivity index (χ3v) is 3.68. The maximum Gasteiger partial charge on any atom is 0.125 e. The monoisotopic (exact) mass is 329 g/mol. The fourth-order valence-corrected chi connectivity index (χ4v) is 2.51. The number of ether oxygens (including phenoxy) is 2. The van der Waals surface area contributed by atoms with Crippen LogP contribution in [-0.4, -0.2) is 49.5 Å². The molecular formula is C14H20BrNO3. The van der Waals surface area contributed by atoms with Crippen molar-refractivity contribution in [3.05, 3.63) is 28.2 Å². The van der Waals surface area contributed by atoms with E-state index in [0.717, 1.165) is 35.5 Å². The van der Waals surface area contributed by atoms with Gasteiger partial charge >= 0.3 is 0 Å². The van der Waals surface area contributed by atoms with Gasteiger partial charge < -0.3 is 19.5 Å². The fraction of sp³-hybridized carbons (Fsp3) is 0.571. The minimum absolute atomic E-state index is 0.0873. The molecule has 1 fully saturated rings. The molecule has 2 atom stereocenters. The Bertz CT molecular complexity index is 425. The summed E-state index contributed by atoms with van der Waals surface area (Å²) in [6.45, 7) is 4.83. The van der Waals surface area contributed by atoms with Crippen LogP contribution in [0.25, 0.3) is 0 Å². The Labute approximate surface area is 122 Å². The molecule has 0 spiro atoms. The lowest BCUT2D eigenvalue weighted by Crippen LogP contribution is -2.42. The fourth-order valence-electron chi connectivity index (χ4n) is 2.13. The number of rotatable bonds is 4. The number of morpholine rings is 1. The third-order valence-electron chi connectivity index (χ3n) is 3.19. The zero-order chi connectivity index (χ0) is 13.8. The summed E-state index contributed by atoms with van der Waals surface area (Å²) in [6, 6.07) is 5.67. The number of likely N-dealkylation sites (N-methyl/N-ethyl adjacent to an activating group) is 1. The van der Waals surface area contributed by atoms with Gasteiger partial charge in [0.25, 0.3) is 0 Å². The van der Waals surface area contributed by atoms with Gasteiger partial charge in [-0.1, -0.05) is 15.9 Å². The molecular weight excluding hydrogens is 310 g/mol. The minimum Gasteiger partial charge on any atom is -0.490 e. The summed E-state index contributed by atoms with van der Waals surface area (Å²) in [5.41, 5.74) is 0.790. The normalized spacial score (nSPS) is 22.2. The molecule has 5 heteroatoms. The Morgan fingerprint density at radius 3 is 3.05 bits per heavy atom. The molecule has 1 N–H and O–H groups in total. The number of halogens is 1. The molecule has 0 aromatic heterocycles. The van der Waals surface area contributed by atoms with Crippen molar-refractivity contribution in [3.63, 3.8) is 0 Å². The van der Waals surface area contributed by atoms with Gasteiger partial charge in [-0.2, -0.15) is 0 Å². The highest BCUT2D eigenvalue weighted by atomic mass is 79.9. The van der Waals surface area contributed by atoms with Crippen molar-refractivity contribution < 1.29 is 14.6 Å². The molecule has 19 heavy (non-hydrogen) atoms. The van der Waals surface area contributed by atoms with E-state index in [-0.39, 0.29) is 6.10 Å². The maximum absolute atomic E-state index is 9.77. The molecule has 0 bridgehead atoms. The quantitative estimate of drug-likeness (QED) is 0.919.